The first kappa shape index (κ1) is 12.5. The maximum atomic E-state index is 11.7. The number of nitrogens with zero attached hydrogens (tertiary/aromatic N) is 1. The molecule has 0 aromatic carbocycles. The fourth-order valence-electron chi connectivity index (χ4n) is 1.90. The molecular weight excluding hydrogens is 193 g/mol. The Balaban J connectivity index is 2.50. The molecule has 1 heterocycles. The number of hydrogen-bond acceptors (Lipinski definition) is 4. The highest BCUT2D eigenvalue weighted by molar-refractivity contribution is 6.45. The number of piperidine rings is 1. The Hall–Kier alpha value is -0.545. The van der Waals surface area contributed by atoms with Gasteiger partial charge in [0.1, 0.15) is 0 Å². The van der Waals surface area contributed by atoms with Gasteiger partial charge in [0.2, 0.25) is 0 Å². The molecule has 5 heteroatoms. The molecule has 0 atom stereocenters. The van der Waals surface area contributed by atoms with Crippen LogP contribution in [0.5, 0.6) is 0 Å². The molecule has 0 aromatic rings. The zero-order chi connectivity index (χ0) is 11.5. The van der Waals surface area contributed by atoms with E-state index in [-0.39, 0.29) is 11.4 Å². The number of rotatable bonds is 3. The Morgan fingerprint density at radius 1 is 1.53 bits per heavy atom. The van der Waals surface area contributed by atoms with Gasteiger partial charge in [-0.05, 0) is 46.6 Å². The minimum Gasteiger partial charge on any atom is -0.466 e. The summed E-state index contributed by atoms with van der Waals surface area (Å²) in [6.45, 7) is 7.48. The lowest BCUT2D eigenvalue weighted by atomic mass is 9.75. The molecule has 15 heavy (non-hydrogen) atoms. The summed E-state index contributed by atoms with van der Waals surface area (Å²) in [5, 5.41) is 9.40. The van der Waals surface area contributed by atoms with Crippen molar-refractivity contribution in [2.75, 3.05) is 19.7 Å². The summed E-state index contributed by atoms with van der Waals surface area (Å²) in [5.41, 5.74) is -0.360. The van der Waals surface area contributed by atoms with Crippen LogP contribution in [0.25, 0.3) is 0 Å². The van der Waals surface area contributed by atoms with Gasteiger partial charge >= 0.3 is 13.0 Å². The van der Waals surface area contributed by atoms with E-state index >= 15 is 0 Å². The maximum Gasteiger partial charge on any atom is 0.376 e. The Morgan fingerprint density at radius 2 is 2.07 bits per heavy atom. The van der Waals surface area contributed by atoms with E-state index in [1.807, 2.05) is 18.7 Å². The van der Waals surface area contributed by atoms with Gasteiger partial charge in [-0.25, -0.2) is 0 Å². The predicted octanol–water partition coefficient (Wildman–Crippen LogP) is 0.762. The van der Waals surface area contributed by atoms with Crippen LogP contribution in [-0.4, -0.2) is 42.6 Å². The highest BCUT2D eigenvalue weighted by atomic mass is 16.5. The topological polar surface area (TPSA) is 49.8 Å². The number of carbonyl (C=O) groups excluding carboxylic acids is 1. The minimum absolute atomic E-state index is 0.102. The van der Waals surface area contributed by atoms with Crippen molar-refractivity contribution in [3.8, 4) is 0 Å². The molecule has 0 saturated carbocycles. The van der Waals surface area contributed by atoms with Crippen LogP contribution in [-0.2, 0) is 9.53 Å². The van der Waals surface area contributed by atoms with E-state index in [2.05, 4.69) is 0 Å². The standard InChI is InChI=1S/C10H20BNO3/c1-4-15-9(13)10(2)5-7-12(8-6-10)11(3)14/h14H,4-8H2,1-3H3. The first-order valence-corrected chi connectivity index (χ1v) is 5.59. The van der Waals surface area contributed by atoms with Gasteiger partial charge in [0, 0.05) is 0 Å². The second-order valence-corrected chi connectivity index (χ2v) is 4.45. The van der Waals surface area contributed by atoms with E-state index < -0.39 is 7.05 Å². The summed E-state index contributed by atoms with van der Waals surface area (Å²) in [6.07, 6.45) is 1.52. The molecule has 1 saturated heterocycles. The maximum absolute atomic E-state index is 11.7. The molecule has 86 valence electrons. The van der Waals surface area contributed by atoms with Gasteiger partial charge < -0.3 is 14.6 Å². The molecule has 1 N–H and O–H groups in total. The second kappa shape index (κ2) is 4.99. The third-order valence-electron chi connectivity index (χ3n) is 3.20. The fraction of sp³-hybridized carbons (Fsp3) is 0.900. The molecule has 0 aliphatic carbocycles. The van der Waals surface area contributed by atoms with Crippen LogP contribution >= 0.6 is 0 Å². The summed E-state index contributed by atoms with van der Waals surface area (Å²) < 4.78 is 5.06. The molecule has 0 aromatic heterocycles. The molecule has 0 unspecified atom stereocenters. The molecule has 1 aliphatic rings. The number of ether oxygens (including phenoxy) is 1. The van der Waals surface area contributed by atoms with Gasteiger partial charge in [0.05, 0.1) is 12.0 Å². The number of carbonyl (C=O) groups is 1. The Labute approximate surface area is 91.7 Å². The molecule has 0 amide bonds. The average molecular weight is 213 g/mol. The Bertz CT molecular complexity index is 225. The van der Waals surface area contributed by atoms with E-state index in [9.17, 15) is 9.82 Å². The first-order chi connectivity index (χ1) is 6.99. The zero-order valence-corrected chi connectivity index (χ0v) is 9.82. The summed E-state index contributed by atoms with van der Waals surface area (Å²) in [6, 6.07) is 0. The normalized spacial score (nSPS) is 21.1. The Morgan fingerprint density at radius 3 is 2.47 bits per heavy atom. The van der Waals surface area contributed by atoms with Gasteiger partial charge in [-0.3, -0.25) is 4.79 Å². The van der Waals surface area contributed by atoms with Crippen molar-refractivity contribution in [1.29, 1.82) is 0 Å². The molecule has 0 spiro atoms. The smallest absolute Gasteiger partial charge is 0.376 e. The average Bonchev–Trinajstić information content (AvgIpc) is 2.18. The quantitative estimate of drug-likeness (QED) is 0.555. The molecule has 1 rings (SSSR count). The molecule has 0 radical (unpaired) electrons. The predicted molar refractivity (Wildman–Crippen MR) is 59.4 cm³/mol. The van der Waals surface area contributed by atoms with Crippen LogP contribution < -0.4 is 0 Å². The van der Waals surface area contributed by atoms with Crippen molar-refractivity contribution in [2.45, 2.75) is 33.5 Å². The zero-order valence-electron chi connectivity index (χ0n) is 9.82. The van der Waals surface area contributed by atoms with Crippen LogP contribution in [0.1, 0.15) is 26.7 Å². The van der Waals surface area contributed by atoms with Gasteiger partial charge in [0.15, 0.2) is 0 Å². The lowest BCUT2D eigenvalue weighted by Crippen LogP contribution is -2.48. The molecule has 1 fully saturated rings. The third-order valence-corrected chi connectivity index (χ3v) is 3.20. The van der Waals surface area contributed by atoms with Crippen LogP contribution in [0.3, 0.4) is 0 Å². The van der Waals surface area contributed by atoms with E-state index in [1.165, 1.54) is 0 Å². The monoisotopic (exact) mass is 213 g/mol. The fourth-order valence-corrected chi connectivity index (χ4v) is 1.90. The molecule has 1 aliphatic heterocycles. The SMILES string of the molecule is CCOC(=O)C1(C)CCN(B(C)O)CC1. The van der Waals surface area contributed by atoms with Crippen molar-refractivity contribution in [1.82, 2.24) is 4.81 Å². The molecule has 0 bridgehead atoms. The second-order valence-electron chi connectivity index (χ2n) is 4.45. The third kappa shape index (κ3) is 2.95. The van der Waals surface area contributed by atoms with E-state index in [1.54, 1.807) is 6.82 Å². The highest BCUT2D eigenvalue weighted by Gasteiger charge is 2.39. The number of hydrogen-bond donors (Lipinski definition) is 1. The van der Waals surface area contributed by atoms with Crippen molar-refractivity contribution in [3.63, 3.8) is 0 Å². The van der Waals surface area contributed by atoms with E-state index in [0.29, 0.717) is 6.61 Å². The van der Waals surface area contributed by atoms with Crippen molar-refractivity contribution < 1.29 is 14.6 Å². The molecular formula is C10H20BNO3. The lowest BCUT2D eigenvalue weighted by Gasteiger charge is -2.37. The highest BCUT2D eigenvalue weighted by Crippen LogP contribution is 2.32. The van der Waals surface area contributed by atoms with Crippen LogP contribution in [0.2, 0.25) is 6.82 Å². The van der Waals surface area contributed by atoms with Gasteiger partial charge in [-0.15, -0.1) is 0 Å². The summed E-state index contributed by atoms with van der Waals surface area (Å²) in [4.78, 5) is 13.7. The summed E-state index contributed by atoms with van der Waals surface area (Å²) in [5.74, 6) is -0.102. The first-order valence-electron chi connectivity index (χ1n) is 5.59. The Kier molecular flexibility index (Phi) is 4.17. The van der Waals surface area contributed by atoms with Crippen LogP contribution in [0.4, 0.5) is 0 Å². The van der Waals surface area contributed by atoms with Gasteiger partial charge in [-0.1, -0.05) is 0 Å². The van der Waals surface area contributed by atoms with Crippen molar-refractivity contribution >= 4 is 13.0 Å². The van der Waals surface area contributed by atoms with Gasteiger partial charge in [-0.2, -0.15) is 0 Å². The van der Waals surface area contributed by atoms with E-state index in [4.69, 9.17) is 4.74 Å². The van der Waals surface area contributed by atoms with Crippen molar-refractivity contribution in [3.05, 3.63) is 0 Å². The lowest BCUT2D eigenvalue weighted by molar-refractivity contribution is -0.156. The van der Waals surface area contributed by atoms with E-state index in [0.717, 1.165) is 25.9 Å². The summed E-state index contributed by atoms with van der Waals surface area (Å²) in [7, 11) is -0.420. The van der Waals surface area contributed by atoms with Crippen LogP contribution in [0, 0.1) is 5.41 Å². The van der Waals surface area contributed by atoms with Crippen LogP contribution in [0.15, 0.2) is 0 Å². The minimum atomic E-state index is -0.420. The summed E-state index contributed by atoms with van der Waals surface area (Å²) >= 11 is 0. The van der Waals surface area contributed by atoms with Gasteiger partial charge in [0.25, 0.3) is 0 Å². The molecule has 4 nitrogen and oxygen atoms in total. The number of esters is 1. The largest absolute Gasteiger partial charge is 0.466 e. The van der Waals surface area contributed by atoms with Crippen molar-refractivity contribution in [2.24, 2.45) is 5.41 Å².